The van der Waals surface area contributed by atoms with Gasteiger partial charge in [0.05, 0.1) is 25.9 Å². The summed E-state index contributed by atoms with van der Waals surface area (Å²) in [4.78, 5) is 0. The second-order valence-corrected chi connectivity index (χ2v) is 5.14. The molecule has 1 unspecified atom stereocenters. The van der Waals surface area contributed by atoms with Crippen LogP contribution in [0.3, 0.4) is 0 Å². The molecule has 0 fully saturated rings. The first kappa shape index (κ1) is 16.0. The molecule has 0 aliphatic heterocycles. The summed E-state index contributed by atoms with van der Waals surface area (Å²) in [6, 6.07) is 9.42. The van der Waals surface area contributed by atoms with Gasteiger partial charge in [-0.25, -0.2) is 0 Å². The monoisotopic (exact) mass is 309 g/mol. The Balaban J connectivity index is 1.55. The Morgan fingerprint density at radius 1 is 1.33 bits per heavy atom. The van der Waals surface area contributed by atoms with Crippen molar-refractivity contribution >= 4 is 11.6 Å². The maximum atomic E-state index is 9.81. The molecule has 0 saturated heterocycles. The summed E-state index contributed by atoms with van der Waals surface area (Å²) in [5, 5.41) is 17.8. The van der Waals surface area contributed by atoms with Crippen molar-refractivity contribution in [1.29, 1.82) is 0 Å². The average Bonchev–Trinajstić information content (AvgIpc) is 2.99. The van der Waals surface area contributed by atoms with Crippen LogP contribution in [0.5, 0.6) is 0 Å². The lowest BCUT2D eigenvalue weighted by Crippen LogP contribution is -2.32. The molecule has 21 heavy (non-hydrogen) atoms. The molecule has 1 aromatic heterocycles. The van der Waals surface area contributed by atoms with Crippen molar-refractivity contribution in [2.45, 2.75) is 19.3 Å². The standard InChI is InChI=1S/C15H20ClN3O2/c16-15-5-2-1-4-13(15)11-21-12-14(20)10-17-7-9-19-8-3-6-18-19/h1-6,8,14,17,20H,7,9-12H2. The maximum absolute atomic E-state index is 9.81. The number of benzene rings is 1. The average molecular weight is 310 g/mol. The van der Waals surface area contributed by atoms with Crippen LogP contribution < -0.4 is 5.32 Å². The Bertz CT molecular complexity index is 519. The van der Waals surface area contributed by atoms with Gasteiger partial charge in [0.15, 0.2) is 0 Å². The maximum Gasteiger partial charge on any atom is 0.0897 e. The van der Waals surface area contributed by atoms with Crippen LogP contribution in [0, 0.1) is 0 Å². The molecule has 0 aliphatic carbocycles. The summed E-state index contributed by atoms with van der Waals surface area (Å²) >= 11 is 6.03. The van der Waals surface area contributed by atoms with Crippen LogP contribution in [0.2, 0.25) is 5.02 Å². The first-order valence-corrected chi connectivity index (χ1v) is 7.31. The molecule has 0 saturated carbocycles. The molecule has 0 spiro atoms. The molecular weight excluding hydrogens is 290 g/mol. The highest BCUT2D eigenvalue weighted by molar-refractivity contribution is 6.31. The zero-order valence-corrected chi connectivity index (χ0v) is 12.5. The number of hydrogen-bond acceptors (Lipinski definition) is 4. The molecule has 1 atom stereocenters. The van der Waals surface area contributed by atoms with Crippen molar-refractivity contribution in [2.24, 2.45) is 0 Å². The zero-order valence-electron chi connectivity index (χ0n) is 11.8. The first-order valence-electron chi connectivity index (χ1n) is 6.93. The molecule has 6 heteroatoms. The van der Waals surface area contributed by atoms with Gasteiger partial charge in [-0.3, -0.25) is 4.68 Å². The van der Waals surface area contributed by atoms with Crippen LogP contribution in [0.4, 0.5) is 0 Å². The van der Waals surface area contributed by atoms with E-state index in [1.165, 1.54) is 0 Å². The Kier molecular flexibility index (Phi) is 6.69. The second-order valence-electron chi connectivity index (χ2n) is 4.73. The largest absolute Gasteiger partial charge is 0.389 e. The lowest BCUT2D eigenvalue weighted by atomic mass is 10.2. The molecule has 1 heterocycles. The fourth-order valence-corrected chi connectivity index (χ4v) is 2.06. The Morgan fingerprint density at radius 3 is 2.95 bits per heavy atom. The fraction of sp³-hybridized carbons (Fsp3) is 0.400. The van der Waals surface area contributed by atoms with E-state index in [9.17, 15) is 5.11 Å². The molecule has 0 radical (unpaired) electrons. The van der Waals surface area contributed by atoms with Gasteiger partial charge < -0.3 is 15.2 Å². The van der Waals surface area contributed by atoms with E-state index in [0.29, 0.717) is 18.2 Å². The molecule has 2 N–H and O–H groups in total. The number of ether oxygens (including phenoxy) is 1. The Labute approximate surface area is 129 Å². The minimum atomic E-state index is -0.537. The van der Waals surface area contributed by atoms with Crippen molar-refractivity contribution in [1.82, 2.24) is 15.1 Å². The summed E-state index contributed by atoms with van der Waals surface area (Å²) in [6.07, 6.45) is 3.12. The summed E-state index contributed by atoms with van der Waals surface area (Å²) in [7, 11) is 0. The zero-order chi connectivity index (χ0) is 14.9. The van der Waals surface area contributed by atoms with Crippen LogP contribution in [0.25, 0.3) is 0 Å². The van der Waals surface area contributed by atoms with E-state index in [4.69, 9.17) is 16.3 Å². The van der Waals surface area contributed by atoms with E-state index in [2.05, 4.69) is 10.4 Å². The molecule has 2 aromatic rings. The predicted molar refractivity (Wildman–Crippen MR) is 82.2 cm³/mol. The number of nitrogens with one attached hydrogen (secondary N) is 1. The molecule has 0 bridgehead atoms. The topological polar surface area (TPSA) is 59.3 Å². The molecule has 0 amide bonds. The Morgan fingerprint density at radius 2 is 2.19 bits per heavy atom. The predicted octanol–water partition coefficient (Wildman–Crippen LogP) is 1.70. The van der Waals surface area contributed by atoms with Crippen molar-refractivity contribution in [3.05, 3.63) is 53.3 Å². The van der Waals surface area contributed by atoms with Crippen LogP contribution in [0.1, 0.15) is 5.56 Å². The molecule has 1 aromatic carbocycles. The van der Waals surface area contributed by atoms with E-state index in [1.54, 1.807) is 6.20 Å². The van der Waals surface area contributed by atoms with E-state index in [0.717, 1.165) is 18.7 Å². The van der Waals surface area contributed by atoms with Crippen molar-refractivity contribution in [2.75, 3.05) is 19.7 Å². The third-order valence-corrected chi connectivity index (χ3v) is 3.35. The van der Waals surface area contributed by atoms with Gasteiger partial charge in [0, 0.05) is 30.5 Å². The minimum absolute atomic E-state index is 0.278. The lowest BCUT2D eigenvalue weighted by molar-refractivity contribution is 0.0289. The van der Waals surface area contributed by atoms with Gasteiger partial charge >= 0.3 is 0 Å². The number of hydrogen-bond donors (Lipinski definition) is 2. The summed E-state index contributed by atoms with van der Waals surface area (Å²) < 4.78 is 7.31. The number of rotatable bonds is 9. The summed E-state index contributed by atoms with van der Waals surface area (Å²) in [5.41, 5.74) is 0.929. The van der Waals surface area contributed by atoms with E-state index in [-0.39, 0.29) is 6.61 Å². The van der Waals surface area contributed by atoms with Gasteiger partial charge in [0.25, 0.3) is 0 Å². The van der Waals surface area contributed by atoms with Gasteiger partial charge in [-0.2, -0.15) is 5.10 Å². The molecular formula is C15H20ClN3O2. The number of aliphatic hydroxyl groups excluding tert-OH is 1. The van der Waals surface area contributed by atoms with Gasteiger partial charge in [-0.15, -0.1) is 0 Å². The first-order chi connectivity index (χ1) is 10.3. The normalized spacial score (nSPS) is 12.5. The molecule has 0 aliphatic rings. The highest BCUT2D eigenvalue weighted by Crippen LogP contribution is 2.15. The van der Waals surface area contributed by atoms with Gasteiger partial charge in [0.1, 0.15) is 0 Å². The smallest absolute Gasteiger partial charge is 0.0897 e. The summed E-state index contributed by atoms with van der Waals surface area (Å²) in [6.45, 7) is 2.71. The third kappa shape index (κ3) is 5.85. The third-order valence-electron chi connectivity index (χ3n) is 2.98. The van der Waals surface area contributed by atoms with Crippen LogP contribution in [-0.2, 0) is 17.9 Å². The van der Waals surface area contributed by atoms with E-state index in [1.807, 2.05) is 41.2 Å². The quantitative estimate of drug-likeness (QED) is 0.692. The van der Waals surface area contributed by atoms with Crippen molar-refractivity contribution < 1.29 is 9.84 Å². The van der Waals surface area contributed by atoms with Crippen molar-refractivity contribution in [3.63, 3.8) is 0 Å². The molecule has 2 rings (SSSR count). The van der Waals surface area contributed by atoms with Crippen LogP contribution >= 0.6 is 11.6 Å². The number of nitrogens with zero attached hydrogens (tertiary/aromatic N) is 2. The van der Waals surface area contributed by atoms with E-state index < -0.39 is 6.10 Å². The minimum Gasteiger partial charge on any atom is -0.389 e. The fourth-order valence-electron chi connectivity index (χ4n) is 1.87. The molecule has 114 valence electrons. The lowest BCUT2D eigenvalue weighted by Gasteiger charge is -2.13. The number of aromatic nitrogens is 2. The number of aliphatic hydroxyl groups is 1. The van der Waals surface area contributed by atoms with Gasteiger partial charge in [0.2, 0.25) is 0 Å². The molecule has 5 nitrogen and oxygen atoms in total. The summed E-state index contributed by atoms with van der Waals surface area (Å²) in [5.74, 6) is 0. The highest BCUT2D eigenvalue weighted by Gasteiger charge is 2.05. The van der Waals surface area contributed by atoms with Gasteiger partial charge in [-0.05, 0) is 17.7 Å². The Hall–Kier alpha value is -1.40. The van der Waals surface area contributed by atoms with Crippen LogP contribution in [0.15, 0.2) is 42.7 Å². The van der Waals surface area contributed by atoms with Crippen molar-refractivity contribution in [3.8, 4) is 0 Å². The van der Waals surface area contributed by atoms with Gasteiger partial charge in [-0.1, -0.05) is 29.8 Å². The van der Waals surface area contributed by atoms with Crippen LogP contribution in [-0.4, -0.2) is 40.7 Å². The second kappa shape index (κ2) is 8.79. The van der Waals surface area contributed by atoms with E-state index >= 15 is 0 Å². The number of halogens is 1. The SMILES string of the molecule is OC(CNCCn1cccn1)COCc1ccccc1Cl. The highest BCUT2D eigenvalue weighted by atomic mass is 35.5.